The normalized spacial score (nSPS) is 17.0. The van der Waals surface area contributed by atoms with E-state index >= 15 is 0 Å². The van der Waals surface area contributed by atoms with Crippen LogP contribution in [-0.2, 0) is 14.8 Å². The molecule has 1 aliphatic rings. The number of nitrogens with zero attached hydrogens (tertiary/aromatic N) is 1. The van der Waals surface area contributed by atoms with E-state index in [2.05, 4.69) is 5.32 Å². The lowest BCUT2D eigenvalue weighted by Gasteiger charge is -2.21. The minimum Gasteiger partial charge on any atom is -0.324 e. The molecule has 1 fully saturated rings. The molecule has 9 heteroatoms. The van der Waals surface area contributed by atoms with Gasteiger partial charge in [0.15, 0.2) is 0 Å². The Morgan fingerprint density at radius 1 is 1.41 bits per heavy atom. The summed E-state index contributed by atoms with van der Waals surface area (Å²) in [4.78, 5) is 11.8. The molecule has 1 aliphatic heterocycles. The molecule has 124 valence electrons. The van der Waals surface area contributed by atoms with Gasteiger partial charge in [0, 0.05) is 12.2 Å². The number of anilines is 2. The van der Waals surface area contributed by atoms with Crippen molar-refractivity contribution in [3.05, 3.63) is 24.0 Å². The molecule has 0 radical (unpaired) electrons. The topological polar surface area (TPSA) is 92.5 Å². The molecule has 0 saturated carbocycles. The monoisotopic (exact) mass is 351 g/mol. The minimum absolute atomic E-state index is 0. The first-order valence-corrected chi connectivity index (χ1v) is 8.12. The van der Waals surface area contributed by atoms with Gasteiger partial charge in [-0.1, -0.05) is 0 Å². The number of benzene rings is 1. The van der Waals surface area contributed by atoms with E-state index < -0.39 is 27.3 Å². The summed E-state index contributed by atoms with van der Waals surface area (Å²) in [6.07, 6.45) is 0.453. The van der Waals surface area contributed by atoms with Crippen LogP contribution in [0.15, 0.2) is 18.2 Å². The Bertz CT molecular complexity index is 674. The Morgan fingerprint density at radius 3 is 2.55 bits per heavy atom. The van der Waals surface area contributed by atoms with Crippen molar-refractivity contribution < 1.29 is 17.6 Å². The van der Waals surface area contributed by atoms with Crippen LogP contribution in [0.2, 0.25) is 0 Å². The summed E-state index contributed by atoms with van der Waals surface area (Å²) in [5.74, 6) is -1.09. The van der Waals surface area contributed by atoms with Crippen molar-refractivity contribution in [1.82, 2.24) is 0 Å². The number of nitrogens with two attached hydrogens (primary N) is 1. The Balaban J connectivity index is 0.00000242. The van der Waals surface area contributed by atoms with Crippen molar-refractivity contribution in [3.8, 4) is 0 Å². The zero-order valence-corrected chi connectivity index (χ0v) is 13.9. The van der Waals surface area contributed by atoms with E-state index in [0.717, 1.165) is 10.4 Å². The number of halogens is 2. The lowest BCUT2D eigenvalue weighted by Crippen LogP contribution is -2.45. The van der Waals surface area contributed by atoms with Gasteiger partial charge in [-0.25, -0.2) is 12.8 Å². The average molecular weight is 352 g/mol. The molecular formula is C13H19ClFN3O3S. The third kappa shape index (κ3) is 3.88. The molecule has 1 saturated heterocycles. The molecule has 0 aromatic heterocycles. The van der Waals surface area contributed by atoms with Gasteiger partial charge in [0.05, 0.1) is 17.0 Å². The first-order valence-electron chi connectivity index (χ1n) is 6.51. The molecule has 0 unspecified atom stereocenters. The maximum absolute atomic E-state index is 13.9. The van der Waals surface area contributed by atoms with Gasteiger partial charge in [0.2, 0.25) is 15.9 Å². The number of nitrogens with one attached hydrogen (secondary N) is 1. The van der Waals surface area contributed by atoms with Crippen LogP contribution in [-0.4, -0.2) is 32.2 Å². The number of sulfonamides is 1. The molecule has 2 rings (SSSR count). The van der Waals surface area contributed by atoms with E-state index in [1.165, 1.54) is 26.0 Å². The van der Waals surface area contributed by atoms with Gasteiger partial charge < -0.3 is 11.1 Å². The molecule has 6 nitrogen and oxygen atoms in total. The predicted molar refractivity (Wildman–Crippen MR) is 86.3 cm³/mol. The van der Waals surface area contributed by atoms with Crippen LogP contribution < -0.4 is 15.4 Å². The highest BCUT2D eigenvalue weighted by Gasteiger charge is 2.31. The van der Waals surface area contributed by atoms with Crippen LogP contribution >= 0.6 is 12.4 Å². The van der Waals surface area contributed by atoms with E-state index in [1.54, 1.807) is 0 Å². The largest absolute Gasteiger partial charge is 0.324 e. The van der Waals surface area contributed by atoms with Crippen LogP contribution in [0.1, 0.15) is 20.3 Å². The number of carbonyl (C=O) groups is 1. The van der Waals surface area contributed by atoms with Gasteiger partial charge in [-0.15, -0.1) is 12.4 Å². The summed E-state index contributed by atoms with van der Waals surface area (Å²) in [5.41, 5.74) is 4.83. The van der Waals surface area contributed by atoms with E-state index in [9.17, 15) is 17.6 Å². The maximum atomic E-state index is 13.9. The standard InChI is InChI=1S/C13H18FN3O3S.ClH/c1-13(2,15)12(18)16-9-4-5-10(14)11(8-9)17-6-3-7-21(17,19)20;/h4-5,8H,3,6-7,15H2,1-2H3,(H,16,18);1H. The SMILES string of the molecule is CC(C)(N)C(=O)Nc1ccc(F)c(N2CCCS2(=O)=O)c1.Cl. The molecule has 1 amide bonds. The van der Waals surface area contributed by atoms with Crippen LogP contribution in [0.5, 0.6) is 0 Å². The lowest BCUT2D eigenvalue weighted by atomic mass is 10.1. The highest BCUT2D eigenvalue weighted by Crippen LogP contribution is 2.29. The summed E-state index contributed by atoms with van der Waals surface area (Å²) in [6, 6.07) is 3.80. The Labute approximate surface area is 135 Å². The van der Waals surface area contributed by atoms with Gasteiger partial charge in [-0.3, -0.25) is 9.10 Å². The summed E-state index contributed by atoms with van der Waals surface area (Å²) in [7, 11) is -3.48. The molecule has 3 N–H and O–H groups in total. The summed E-state index contributed by atoms with van der Waals surface area (Å²) >= 11 is 0. The zero-order chi connectivity index (χ0) is 15.8. The van der Waals surface area contributed by atoms with E-state index in [0.29, 0.717) is 12.1 Å². The van der Waals surface area contributed by atoms with Crippen molar-refractivity contribution in [2.75, 3.05) is 21.9 Å². The van der Waals surface area contributed by atoms with Gasteiger partial charge in [-0.2, -0.15) is 0 Å². The highest BCUT2D eigenvalue weighted by atomic mass is 35.5. The number of hydrogen-bond donors (Lipinski definition) is 2. The fourth-order valence-electron chi connectivity index (χ4n) is 1.98. The molecule has 1 aromatic carbocycles. The number of hydrogen-bond acceptors (Lipinski definition) is 4. The van der Waals surface area contributed by atoms with Crippen LogP contribution in [0.4, 0.5) is 15.8 Å². The highest BCUT2D eigenvalue weighted by molar-refractivity contribution is 7.93. The van der Waals surface area contributed by atoms with E-state index in [-0.39, 0.29) is 30.4 Å². The van der Waals surface area contributed by atoms with Crippen molar-refractivity contribution in [1.29, 1.82) is 0 Å². The average Bonchev–Trinajstić information content (AvgIpc) is 2.70. The predicted octanol–water partition coefficient (Wildman–Crippen LogP) is 1.46. The van der Waals surface area contributed by atoms with Gasteiger partial charge in [-0.05, 0) is 38.5 Å². The van der Waals surface area contributed by atoms with Crippen molar-refractivity contribution in [2.45, 2.75) is 25.8 Å². The molecule has 22 heavy (non-hydrogen) atoms. The van der Waals surface area contributed by atoms with Gasteiger partial charge >= 0.3 is 0 Å². The molecule has 0 spiro atoms. The second-order valence-corrected chi connectivity index (χ2v) is 7.60. The third-order valence-corrected chi connectivity index (χ3v) is 5.01. The van der Waals surface area contributed by atoms with Crippen LogP contribution in [0, 0.1) is 5.82 Å². The van der Waals surface area contributed by atoms with Crippen LogP contribution in [0.3, 0.4) is 0 Å². The van der Waals surface area contributed by atoms with Crippen molar-refractivity contribution >= 4 is 39.7 Å². The number of rotatable bonds is 3. The third-order valence-electron chi connectivity index (χ3n) is 3.16. The van der Waals surface area contributed by atoms with Gasteiger partial charge in [0.1, 0.15) is 5.82 Å². The van der Waals surface area contributed by atoms with Crippen molar-refractivity contribution in [3.63, 3.8) is 0 Å². The molecule has 0 bridgehead atoms. The van der Waals surface area contributed by atoms with E-state index in [1.807, 2.05) is 0 Å². The maximum Gasteiger partial charge on any atom is 0.243 e. The molecule has 1 heterocycles. The molecule has 1 aromatic rings. The first-order chi connectivity index (χ1) is 9.61. The number of carbonyl (C=O) groups excluding carboxylic acids is 1. The summed E-state index contributed by atoms with van der Waals surface area (Å²) in [5, 5.41) is 2.55. The first kappa shape index (κ1) is 18.7. The minimum atomic E-state index is -3.48. The Kier molecular flexibility index (Phi) is 5.42. The fourth-order valence-corrected chi connectivity index (χ4v) is 3.55. The van der Waals surface area contributed by atoms with Gasteiger partial charge in [0.25, 0.3) is 0 Å². The Hall–Kier alpha value is -1.38. The fraction of sp³-hybridized carbons (Fsp3) is 0.462. The summed E-state index contributed by atoms with van der Waals surface area (Å²) in [6.45, 7) is 3.31. The molecule has 0 aliphatic carbocycles. The summed E-state index contributed by atoms with van der Waals surface area (Å²) < 4.78 is 38.6. The van der Waals surface area contributed by atoms with E-state index in [4.69, 9.17) is 5.73 Å². The molecular weight excluding hydrogens is 333 g/mol. The smallest absolute Gasteiger partial charge is 0.243 e. The second-order valence-electron chi connectivity index (χ2n) is 5.58. The van der Waals surface area contributed by atoms with Crippen LogP contribution in [0.25, 0.3) is 0 Å². The number of amides is 1. The second kappa shape index (κ2) is 6.39. The Morgan fingerprint density at radius 2 is 2.05 bits per heavy atom. The quantitative estimate of drug-likeness (QED) is 0.862. The van der Waals surface area contributed by atoms with Crippen molar-refractivity contribution in [2.24, 2.45) is 5.73 Å². The zero-order valence-electron chi connectivity index (χ0n) is 12.3. The molecule has 0 atom stereocenters. The lowest BCUT2D eigenvalue weighted by molar-refractivity contribution is -0.120.